The largest absolute Gasteiger partial charge is 0.241 e. The molecule has 1 saturated carbocycles. The molecule has 1 aromatic rings. The van der Waals surface area contributed by atoms with Crippen molar-refractivity contribution in [2.75, 3.05) is 6.54 Å². The molecule has 1 aliphatic rings. The van der Waals surface area contributed by atoms with E-state index < -0.39 is 10.0 Å². The smallest absolute Gasteiger partial charge is 0.211 e. The first kappa shape index (κ1) is 17.4. The van der Waals surface area contributed by atoms with Crippen LogP contribution in [0.2, 0.25) is 0 Å². The molecule has 0 bridgehead atoms. The van der Waals surface area contributed by atoms with E-state index in [1.165, 1.54) is 25.7 Å². The second-order valence-corrected chi connectivity index (χ2v) is 9.39. The quantitative estimate of drug-likeness (QED) is 0.723. The standard InChI is InChI=1S/C15H21Br2NO2S/c1-11-2-4-12(5-3-11)8-9-18-21(19,20)15-10-13(16)6-7-14(15)17/h6-7,10-12,18H,2-5,8-9H2,1H3. The third kappa shape index (κ3) is 5.05. The Balaban J connectivity index is 1.91. The van der Waals surface area contributed by atoms with Crippen LogP contribution in [0, 0.1) is 11.8 Å². The van der Waals surface area contributed by atoms with E-state index >= 15 is 0 Å². The first-order valence-corrected chi connectivity index (χ1v) is 10.4. The predicted molar refractivity (Wildman–Crippen MR) is 92.8 cm³/mol. The van der Waals surface area contributed by atoms with Crippen molar-refractivity contribution in [1.29, 1.82) is 0 Å². The minimum absolute atomic E-state index is 0.286. The molecule has 1 aromatic carbocycles. The van der Waals surface area contributed by atoms with E-state index in [1.54, 1.807) is 12.1 Å². The SMILES string of the molecule is CC1CCC(CCNS(=O)(=O)c2cc(Br)ccc2Br)CC1. The van der Waals surface area contributed by atoms with Crippen LogP contribution in [0.4, 0.5) is 0 Å². The van der Waals surface area contributed by atoms with Crippen LogP contribution in [0.25, 0.3) is 0 Å². The minimum atomic E-state index is -3.45. The lowest BCUT2D eigenvalue weighted by molar-refractivity contribution is 0.278. The molecule has 118 valence electrons. The summed E-state index contributed by atoms with van der Waals surface area (Å²) in [4.78, 5) is 0.286. The van der Waals surface area contributed by atoms with Crippen LogP contribution in [0.5, 0.6) is 0 Å². The van der Waals surface area contributed by atoms with Crippen molar-refractivity contribution in [2.45, 2.75) is 43.9 Å². The first-order chi connectivity index (χ1) is 9.88. The lowest BCUT2D eigenvalue weighted by atomic mass is 9.81. The van der Waals surface area contributed by atoms with Crippen molar-refractivity contribution in [3.8, 4) is 0 Å². The summed E-state index contributed by atoms with van der Waals surface area (Å²) in [6.45, 7) is 2.81. The lowest BCUT2D eigenvalue weighted by Crippen LogP contribution is -2.27. The molecule has 2 rings (SSSR count). The number of rotatable bonds is 5. The lowest BCUT2D eigenvalue weighted by Gasteiger charge is -2.26. The van der Waals surface area contributed by atoms with Gasteiger partial charge >= 0.3 is 0 Å². The van der Waals surface area contributed by atoms with Gasteiger partial charge in [0.05, 0.1) is 4.90 Å². The summed E-state index contributed by atoms with van der Waals surface area (Å²) in [5.74, 6) is 1.49. The Bertz CT molecular complexity index is 581. The molecule has 0 amide bonds. The van der Waals surface area contributed by atoms with Gasteiger partial charge in [-0.2, -0.15) is 0 Å². The molecular formula is C15H21Br2NO2S. The molecular weight excluding hydrogens is 418 g/mol. The molecule has 0 aromatic heterocycles. The van der Waals surface area contributed by atoms with Gasteiger partial charge < -0.3 is 0 Å². The van der Waals surface area contributed by atoms with Crippen LogP contribution in [0.15, 0.2) is 32.0 Å². The van der Waals surface area contributed by atoms with E-state index in [1.807, 2.05) is 6.07 Å². The van der Waals surface area contributed by atoms with Crippen molar-refractivity contribution in [2.24, 2.45) is 11.8 Å². The molecule has 0 spiro atoms. The molecule has 3 nitrogen and oxygen atoms in total. The summed E-state index contributed by atoms with van der Waals surface area (Å²) in [5, 5.41) is 0. The summed E-state index contributed by atoms with van der Waals surface area (Å²) in [6, 6.07) is 5.17. The van der Waals surface area contributed by atoms with Gasteiger partial charge in [0.2, 0.25) is 10.0 Å². The van der Waals surface area contributed by atoms with Gasteiger partial charge in [0.1, 0.15) is 0 Å². The number of hydrogen-bond acceptors (Lipinski definition) is 2. The van der Waals surface area contributed by atoms with Crippen molar-refractivity contribution in [3.05, 3.63) is 27.1 Å². The van der Waals surface area contributed by atoms with Gasteiger partial charge in [0, 0.05) is 15.5 Å². The Morgan fingerprint density at radius 2 is 1.86 bits per heavy atom. The number of halogens is 2. The van der Waals surface area contributed by atoms with Crippen molar-refractivity contribution in [1.82, 2.24) is 4.72 Å². The van der Waals surface area contributed by atoms with Crippen LogP contribution in [-0.4, -0.2) is 15.0 Å². The Kier molecular flexibility index (Phi) is 6.29. The third-order valence-corrected chi connectivity index (χ3v) is 7.11. The van der Waals surface area contributed by atoms with E-state index in [9.17, 15) is 8.42 Å². The van der Waals surface area contributed by atoms with E-state index in [2.05, 4.69) is 43.5 Å². The van der Waals surface area contributed by atoms with Crippen LogP contribution >= 0.6 is 31.9 Å². The van der Waals surface area contributed by atoms with Gasteiger partial charge in [0.25, 0.3) is 0 Å². The average molecular weight is 439 g/mol. The number of sulfonamides is 1. The maximum absolute atomic E-state index is 12.3. The second-order valence-electron chi connectivity index (χ2n) is 5.89. The predicted octanol–water partition coefficient (Wildman–Crippen LogP) is 4.71. The Hall–Kier alpha value is 0.0900. The molecule has 21 heavy (non-hydrogen) atoms. The fourth-order valence-corrected chi connectivity index (χ4v) is 5.32. The van der Waals surface area contributed by atoms with E-state index in [4.69, 9.17) is 0 Å². The fraction of sp³-hybridized carbons (Fsp3) is 0.600. The molecule has 6 heteroatoms. The summed E-state index contributed by atoms with van der Waals surface area (Å²) in [6.07, 6.45) is 5.92. The summed E-state index contributed by atoms with van der Waals surface area (Å²) in [7, 11) is -3.45. The number of hydrogen-bond donors (Lipinski definition) is 1. The van der Waals surface area contributed by atoms with Gasteiger partial charge in [0.15, 0.2) is 0 Å². The molecule has 0 saturated heterocycles. The van der Waals surface area contributed by atoms with Crippen LogP contribution in [0.1, 0.15) is 39.0 Å². The highest BCUT2D eigenvalue weighted by Crippen LogP contribution is 2.30. The number of benzene rings is 1. The molecule has 0 radical (unpaired) electrons. The highest BCUT2D eigenvalue weighted by Gasteiger charge is 2.21. The van der Waals surface area contributed by atoms with Gasteiger partial charge in [-0.1, -0.05) is 48.5 Å². The van der Waals surface area contributed by atoms with E-state index in [-0.39, 0.29) is 4.90 Å². The average Bonchev–Trinajstić information content (AvgIpc) is 2.43. The zero-order chi connectivity index (χ0) is 15.5. The molecule has 1 fully saturated rings. The highest BCUT2D eigenvalue weighted by molar-refractivity contribution is 9.11. The summed E-state index contributed by atoms with van der Waals surface area (Å²) in [5.41, 5.74) is 0. The van der Waals surface area contributed by atoms with Gasteiger partial charge in [-0.3, -0.25) is 0 Å². The van der Waals surface area contributed by atoms with Crippen LogP contribution < -0.4 is 4.72 Å². The minimum Gasteiger partial charge on any atom is -0.211 e. The van der Waals surface area contributed by atoms with Gasteiger partial charge in [-0.25, -0.2) is 13.1 Å². The first-order valence-electron chi connectivity index (χ1n) is 7.33. The molecule has 1 N–H and O–H groups in total. The summed E-state index contributed by atoms with van der Waals surface area (Å²) < 4.78 is 28.7. The molecule has 1 aliphatic carbocycles. The summed E-state index contributed by atoms with van der Waals surface area (Å²) >= 11 is 6.61. The Labute approximate surface area is 144 Å². The maximum Gasteiger partial charge on any atom is 0.241 e. The van der Waals surface area contributed by atoms with Crippen molar-refractivity contribution in [3.63, 3.8) is 0 Å². The normalized spacial score (nSPS) is 23.2. The Morgan fingerprint density at radius 1 is 1.19 bits per heavy atom. The monoisotopic (exact) mass is 437 g/mol. The molecule has 0 aliphatic heterocycles. The molecule has 0 heterocycles. The highest BCUT2D eigenvalue weighted by atomic mass is 79.9. The van der Waals surface area contributed by atoms with E-state index in [0.717, 1.165) is 16.8 Å². The zero-order valence-corrected chi connectivity index (χ0v) is 16.1. The number of nitrogens with one attached hydrogen (secondary N) is 1. The van der Waals surface area contributed by atoms with Gasteiger partial charge in [-0.05, 0) is 52.4 Å². The van der Waals surface area contributed by atoms with Crippen LogP contribution in [-0.2, 0) is 10.0 Å². The molecule has 0 atom stereocenters. The topological polar surface area (TPSA) is 46.2 Å². The van der Waals surface area contributed by atoms with E-state index in [0.29, 0.717) is 16.9 Å². The second kappa shape index (κ2) is 7.57. The zero-order valence-electron chi connectivity index (χ0n) is 12.1. The van der Waals surface area contributed by atoms with Crippen molar-refractivity contribution < 1.29 is 8.42 Å². The van der Waals surface area contributed by atoms with Crippen molar-refractivity contribution >= 4 is 41.9 Å². The third-order valence-electron chi connectivity index (χ3n) is 4.16. The Morgan fingerprint density at radius 3 is 2.52 bits per heavy atom. The molecule has 0 unspecified atom stereocenters. The fourth-order valence-electron chi connectivity index (χ4n) is 2.78. The van der Waals surface area contributed by atoms with Gasteiger partial charge in [-0.15, -0.1) is 0 Å². The maximum atomic E-state index is 12.3. The van der Waals surface area contributed by atoms with Crippen LogP contribution in [0.3, 0.4) is 0 Å².